The summed E-state index contributed by atoms with van der Waals surface area (Å²) >= 11 is 0. The zero-order valence-electron chi connectivity index (χ0n) is 12.3. The largest absolute Gasteiger partial charge is 0.355 e. The molecule has 0 aliphatic carbocycles. The number of benzene rings is 1. The van der Waals surface area contributed by atoms with Crippen molar-refractivity contribution in [1.29, 1.82) is 0 Å². The molecule has 2 rings (SSSR count). The molecule has 1 aromatic rings. The Bertz CT molecular complexity index is 507. The SMILES string of the molecule is CC(C)(C)c1ccccc1NC(=O)C1CCC(=O)NC1. The van der Waals surface area contributed by atoms with Gasteiger partial charge in [-0.05, 0) is 23.5 Å². The molecule has 0 bridgehead atoms. The molecule has 0 spiro atoms. The van der Waals surface area contributed by atoms with E-state index in [-0.39, 0.29) is 23.1 Å². The Kier molecular flexibility index (Phi) is 4.12. The Morgan fingerprint density at radius 3 is 2.60 bits per heavy atom. The molecular weight excluding hydrogens is 252 g/mol. The van der Waals surface area contributed by atoms with Crippen LogP contribution < -0.4 is 10.6 Å². The molecule has 20 heavy (non-hydrogen) atoms. The molecule has 4 nitrogen and oxygen atoms in total. The molecule has 1 atom stereocenters. The van der Waals surface area contributed by atoms with Crippen LogP contribution in [0.5, 0.6) is 0 Å². The van der Waals surface area contributed by atoms with E-state index in [2.05, 4.69) is 31.4 Å². The fourth-order valence-electron chi connectivity index (χ4n) is 2.44. The van der Waals surface area contributed by atoms with E-state index in [0.717, 1.165) is 11.3 Å². The van der Waals surface area contributed by atoms with Gasteiger partial charge in [-0.3, -0.25) is 9.59 Å². The van der Waals surface area contributed by atoms with Gasteiger partial charge in [0.1, 0.15) is 0 Å². The molecule has 1 fully saturated rings. The minimum Gasteiger partial charge on any atom is -0.355 e. The number of rotatable bonds is 2. The Hall–Kier alpha value is -1.84. The summed E-state index contributed by atoms with van der Waals surface area (Å²) in [7, 11) is 0. The Labute approximate surface area is 119 Å². The lowest BCUT2D eigenvalue weighted by molar-refractivity contribution is -0.126. The van der Waals surface area contributed by atoms with Crippen molar-refractivity contribution >= 4 is 17.5 Å². The van der Waals surface area contributed by atoms with Gasteiger partial charge < -0.3 is 10.6 Å². The van der Waals surface area contributed by atoms with Crippen molar-refractivity contribution in [2.45, 2.75) is 39.0 Å². The minimum atomic E-state index is -0.138. The first-order chi connectivity index (χ1) is 9.38. The number of para-hydroxylation sites is 1. The number of piperidine rings is 1. The molecular formula is C16H22N2O2. The number of carbonyl (C=O) groups excluding carboxylic acids is 2. The normalized spacial score (nSPS) is 19.4. The summed E-state index contributed by atoms with van der Waals surface area (Å²) in [6.07, 6.45) is 1.05. The molecule has 1 aromatic carbocycles. The van der Waals surface area contributed by atoms with E-state index < -0.39 is 0 Å². The van der Waals surface area contributed by atoms with Crippen molar-refractivity contribution in [2.24, 2.45) is 5.92 Å². The second-order valence-corrected chi connectivity index (χ2v) is 6.32. The molecule has 1 unspecified atom stereocenters. The van der Waals surface area contributed by atoms with Crippen LogP contribution in [0, 0.1) is 5.92 Å². The molecule has 2 N–H and O–H groups in total. The number of amides is 2. The third-order valence-electron chi connectivity index (χ3n) is 3.63. The number of anilines is 1. The average molecular weight is 274 g/mol. The lowest BCUT2D eigenvalue weighted by atomic mass is 9.85. The van der Waals surface area contributed by atoms with Crippen molar-refractivity contribution in [3.8, 4) is 0 Å². The first-order valence-corrected chi connectivity index (χ1v) is 7.05. The molecule has 1 saturated heterocycles. The molecule has 0 aromatic heterocycles. The monoisotopic (exact) mass is 274 g/mol. The second-order valence-electron chi connectivity index (χ2n) is 6.32. The van der Waals surface area contributed by atoms with Crippen LogP contribution in [0.4, 0.5) is 5.69 Å². The molecule has 4 heteroatoms. The first kappa shape index (κ1) is 14.6. The van der Waals surface area contributed by atoms with E-state index in [9.17, 15) is 9.59 Å². The molecule has 1 aliphatic heterocycles. The smallest absolute Gasteiger partial charge is 0.229 e. The summed E-state index contributed by atoms with van der Waals surface area (Å²) in [5.41, 5.74) is 1.96. The maximum absolute atomic E-state index is 12.3. The summed E-state index contributed by atoms with van der Waals surface area (Å²) < 4.78 is 0. The van der Waals surface area contributed by atoms with Gasteiger partial charge in [-0.1, -0.05) is 39.0 Å². The Morgan fingerprint density at radius 2 is 2.00 bits per heavy atom. The van der Waals surface area contributed by atoms with Crippen LogP contribution in [0.25, 0.3) is 0 Å². The Morgan fingerprint density at radius 1 is 1.30 bits per heavy atom. The van der Waals surface area contributed by atoms with Crippen LogP contribution in [0.3, 0.4) is 0 Å². The van der Waals surface area contributed by atoms with Crippen LogP contribution in [0.2, 0.25) is 0 Å². The number of nitrogens with one attached hydrogen (secondary N) is 2. The zero-order valence-corrected chi connectivity index (χ0v) is 12.3. The van der Waals surface area contributed by atoms with Gasteiger partial charge >= 0.3 is 0 Å². The maximum atomic E-state index is 12.3. The summed E-state index contributed by atoms with van der Waals surface area (Å²) in [4.78, 5) is 23.4. The van der Waals surface area contributed by atoms with Gasteiger partial charge in [-0.2, -0.15) is 0 Å². The topological polar surface area (TPSA) is 58.2 Å². The summed E-state index contributed by atoms with van der Waals surface area (Å²) in [6, 6.07) is 7.88. The predicted octanol–water partition coefficient (Wildman–Crippen LogP) is 2.45. The van der Waals surface area contributed by atoms with Gasteiger partial charge in [-0.25, -0.2) is 0 Å². The lowest BCUT2D eigenvalue weighted by Gasteiger charge is -2.25. The van der Waals surface area contributed by atoms with Crippen LogP contribution >= 0.6 is 0 Å². The van der Waals surface area contributed by atoms with Gasteiger partial charge in [-0.15, -0.1) is 0 Å². The Balaban J connectivity index is 2.10. The number of carbonyl (C=O) groups is 2. The molecule has 108 valence electrons. The molecule has 2 amide bonds. The number of hydrogen-bond acceptors (Lipinski definition) is 2. The van der Waals surface area contributed by atoms with E-state index in [1.807, 2.05) is 24.3 Å². The van der Waals surface area contributed by atoms with Gasteiger partial charge in [0.15, 0.2) is 0 Å². The van der Waals surface area contributed by atoms with E-state index in [0.29, 0.717) is 19.4 Å². The van der Waals surface area contributed by atoms with Gasteiger partial charge in [0.2, 0.25) is 11.8 Å². The van der Waals surface area contributed by atoms with E-state index >= 15 is 0 Å². The third kappa shape index (κ3) is 3.38. The fraction of sp³-hybridized carbons (Fsp3) is 0.500. The van der Waals surface area contributed by atoms with Crippen molar-refractivity contribution in [3.05, 3.63) is 29.8 Å². The molecule has 1 aliphatic rings. The van der Waals surface area contributed by atoms with Gasteiger partial charge in [0.25, 0.3) is 0 Å². The summed E-state index contributed by atoms with van der Waals surface area (Å²) in [5, 5.41) is 5.76. The predicted molar refractivity (Wildman–Crippen MR) is 79.5 cm³/mol. The van der Waals surface area contributed by atoms with Crippen molar-refractivity contribution < 1.29 is 9.59 Å². The molecule has 0 radical (unpaired) electrons. The summed E-state index contributed by atoms with van der Waals surface area (Å²) in [5.74, 6) is -0.119. The quantitative estimate of drug-likeness (QED) is 0.870. The van der Waals surface area contributed by atoms with Crippen LogP contribution in [-0.4, -0.2) is 18.4 Å². The standard InChI is InChI=1S/C16H22N2O2/c1-16(2,3)12-6-4-5-7-13(12)18-15(20)11-8-9-14(19)17-10-11/h4-7,11H,8-10H2,1-3H3,(H,17,19)(H,18,20). The number of hydrogen-bond donors (Lipinski definition) is 2. The van der Waals surface area contributed by atoms with Gasteiger partial charge in [0.05, 0.1) is 5.92 Å². The molecule has 0 saturated carbocycles. The minimum absolute atomic E-state index is 0.0123. The highest BCUT2D eigenvalue weighted by Gasteiger charge is 2.26. The average Bonchev–Trinajstić information content (AvgIpc) is 2.38. The van der Waals surface area contributed by atoms with Crippen molar-refractivity contribution in [2.75, 3.05) is 11.9 Å². The highest BCUT2D eigenvalue weighted by molar-refractivity contribution is 5.94. The van der Waals surface area contributed by atoms with E-state index in [4.69, 9.17) is 0 Å². The van der Waals surface area contributed by atoms with E-state index in [1.54, 1.807) is 0 Å². The van der Waals surface area contributed by atoms with Crippen LogP contribution in [-0.2, 0) is 15.0 Å². The highest BCUT2D eigenvalue weighted by Crippen LogP contribution is 2.29. The first-order valence-electron chi connectivity index (χ1n) is 7.05. The van der Waals surface area contributed by atoms with Crippen molar-refractivity contribution in [1.82, 2.24) is 5.32 Å². The van der Waals surface area contributed by atoms with Crippen LogP contribution in [0.1, 0.15) is 39.2 Å². The van der Waals surface area contributed by atoms with Crippen LogP contribution in [0.15, 0.2) is 24.3 Å². The maximum Gasteiger partial charge on any atom is 0.229 e. The molecule has 1 heterocycles. The second kappa shape index (κ2) is 5.65. The lowest BCUT2D eigenvalue weighted by Crippen LogP contribution is -2.40. The van der Waals surface area contributed by atoms with E-state index in [1.165, 1.54) is 0 Å². The highest BCUT2D eigenvalue weighted by atomic mass is 16.2. The van der Waals surface area contributed by atoms with Gasteiger partial charge in [0, 0.05) is 18.7 Å². The third-order valence-corrected chi connectivity index (χ3v) is 3.63. The summed E-state index contributed by atoms with van der Waals surface area (Å²) in [6.45, 7) is 6.80. The zero-order chi connectivity index (χ0) is 14.8. The fourth-order valence-corrected chi connectivity index (χ4v) is 2.44. The van der Waals surface area contributed by atoms with Crippen molar-refractivity contribution in [3.63, 3.8) is 0 Å².